The minimum atomic E-state index is -3.05. The predicted molar refractivity (Wildman–Crippen MR) is 124 cm³/mol. The van der Waals surface area contributed by atoms with Crippen LogP contribution >= 0.6 is 6.49 Å². The summed E-state index contributed by atoms with van der Waals surface area (Å²) in [5.74, 6) is -0.471. The first-order valence-electron chi connectivity index (χ1n) is 11.2. The van der Waals surface area contributed by atoms with Crippen molar-refractivity contribution in [3.8, 4) is 0 Å². The van der Waals surface area contributed by atoms with E-state index in [4.69, 9.17) is 40.8 Å². The Balaban J connectivity index is 1.26. The molecule has 2 aromatic rings. The summed E-state index contributed by atoms with van der Waals surface area (Å²) in [5, 5.41) is 0. The predicted octanol–water partition coefficient (Wildman–Crippen LogP) is 2.33. The fourth-order valence-corrected chi connectivity index (χ4v) is 4.85. The fourth-order valence-electron chi connectivity index (χ4n) is 3.37. The molecule has 2 heterocycles. The van der Waals surface area contributed by atoms with E-state index in [0.717, 1.165) is 38.5 Å². The maximum absolute atomic E-state index is 12.0. The largest absolute Gasteiger partial charge is 0.438 e. The van der Waals surface area contributed by atoms with Crippen LogP contribution in [0.4, 0.5) is 5.82 Å². The number of hydrogen-bond donors (Lipinski definition) is 1. The van der Waals surface area contributed by atoms with Crippen molar-refractivity contribution in [2.75, 3.05) is 32.3 Å². The molecule has 34 heavy (non-hydrogen) atoms. The molecule has 12 nitrogen and oxygen atoms in total. The molecule has 0 spiro atoms. The van der Waals surface area contributed by atoms with Crippen molar-refractivity contribution in [1.82, 2.24) is 19.5 Å². The summed E-state index contributed by atoms with van der Waals surface area (Å²) < 4.78 is 29.1. The zero-order chi connectivity index (χ0) is 24.0. The second-order valence-corrected chi connectivity index (χ2v) is 11.9. The molecular weight excluding hydrogens is 485 g/mol. The molecule has 2 saturated carbocycles. The van der Waals surface area contributed by atoms with Crippen molar-refractivity contribution < 1.29 is 32.8 Å². The third-order valence-electron chi connectivity index (χ3n) is 5.93. The Bertz CT molecular complexity index is 1020. The van der Waals surface area contributed by atoms with Gasteiger partial charge in [-0.15, -0.1) is 0 Å². The number of imidazole rings is 1. The number of aromatic nitrogens is 4. The number of carbonyl (C=O) groups is 2. The first-order chi connectivity index (χ1) is 16.5. The van der Waals surface area contributed by atoms with E-state index in [1.807, 2.05) is 0 Å². The number of nitrogen functional groups attached to an aromatic ring is 1. The zero-order valence-electron chi connectivity index (χ0n) is 18.7. The van der Waals surface area contributed by atoms with Gasteiger partial charge in [0, 0.05) is 6.54 Å². The van der Waals surface area contributed by atoms with Crippen LogP contribution in [0.1, 0.15) is 38.5 Å². The van der Waals surface area contributed by atoms with E-state index in [1.54, 1.807) is 10.9 Å². The molecule has 0 saturated heterocycles. The van der Waals surface area contributed by atoms with Gasteiger partial charge in [-0.2, -0.15) is 0 Å². The van der Waals surface area contributed by atoms with Crippen LogP contribution in [-0.4, -0.2) is 58.0 Å². The van der Waals surface area contributed by atoms with Crippen LogP contribution < -0.4 is 5.73 Å². The highest BCUT2D eigenvalue weighted by molar-refractivity contribution is 8.09. The number of anilines is 1. The number of rotatable bonds is 13. The maximum Gasteiger partial charge on any atom is 0.311 e. The van der Waals surface area contributed by atoms with Crippen molar-refractivity contribution in [2.45, 2.75) is 45.1 Å². The van der Waals surface area contributed by atoms with Crippen LogP contribution in [0.2, 0.25) is 0 Å². The summed E-state index contributed by atoms with van der Waals surface area (Å²) in [6, 6.07) is 0. The van der Waals surface area contributed by atoms with Crippen LogP contribution in [0, 0.1) is 11.8 Å². The van der Waals surface area contributed by atoms with Gasteiger partial charge in [-0.25, -0.2) is 15.0 Å². The average Bonchev–Trinajstić information content (AvgIpc) is 3.13. The smallest absolute Gasteiger partial charge is 0.311 e. The van der Waals surface area contributed by atoms with Gasteiger partial charge in [-0.1, -0.05) is 12.8 Å². The molecule has 2 aliphatic rings. The number of nitrogens with zero attached hydrogens (tertiary/aromatic N) is 4. The van der Waals surface area contributed by atoms with Crippen LogP contribution in [0.15, 0.2) is 12.7 Å². The van der Waals surface area contributed by atoms with Crippen molar-refractivity contribution in [3.05, 3.63) is 12.7 Å². The minimum absolute atomic E-state index is 0.0615. The molecule has 0 radical (unpaired) electrons. The van der Waals surface area contributed by atoms with Gasteiger partial charge in [0.15, 0.2) is 25.1 Å². The first kappa shape index (κ1) is 24.9. The first-order valence-corrected chi connectivity index (χ1v) is 14.0. The highest BCUT2D eigenvalue weighted by atomic mass is 32.5. The third kappa shape index (κ3) is 6.28. The highest BCUT2D eigenvalue weighted by Gasteiger charge is 2.29. The Morgan fingerprint density at radius 3 is 2.21 bits per heavy atom. The lowest BCUT2D eigenvalue weighted by atomic mass is 9.86. The summed E-state index contributed by atoms with van der Waals surface area (Å²) in [7, 11) is 0. The number of carbonyl (C=O) groups excluding carboxylic acids is 2. The number of hydrogen-bond acceptors (Lipinski definition) is 12. The van der Waals surface area contributed by atoms with Gasteiger partial charge in [-0.05, 0) is 37.5 Å². The van der Waals surface area contributed by atoms with Crippen molar-refractivity contribution in [1.29, 1.82) is 0 Å². The van der Waals surface area contributed by atoms with Crippen LogP contribution in [0.5, 0.6) is 0 Å². The molecule has 0 amide bonds. The zero-order valence-corrected chi connectivity index (χ0v) is 20.4. The maximum atomic E-state index is 12.0. The molecule has 0 unspecified atom stereocenters. The normalized spacial score (nSPS) is 16.7. The van der Waals surface area contributed by atoms with Gasteiger partial charge in [0.05, 0.1) is 24.8 Å². The summed E-state index contributed by atoms with van der Waals surface area (Å²) in [6.07, 6.45) is 8.24. The molecule has 0 atom stereocenters. The SMILES string of the molecule is Nc1ncnc2c1ncn2CCOCP(=S)(OCOC(=O)C1CCC1)OCOC(=O)C1CCC1. The Labute approximate surface area is 201 Å². The van der Waals surface area contributed by atoms with Crippen LogP contribution in [-0.2, 0) is 51.2 Å². The van der Waals surface area contributed by atoms with E-state index in [2.05, 4.69) is 15.0 Å². The molecule has 0 bridgehead atoms. The number of nitrogens with two attached hydrogens (primary N) is 1. The van der Waals surface area contributed by atoms with Crippen molar-refractivity contribution in [2.24, 2.45) is 11.8 Å². The van der Waals surface area contributed by atoms with E-state index in [1.165, 1.54) is 6.33 Å². The highest BCUT2D eigenvalue weighted by Crippen LogP contribution is 2.48. The van der Waals surface area contributed by atoms with E-state index >= 15 is 0 Å². The Hall–Kier alpha value is -2.18. The Morgan fingerprint density at radius 1 is 1.03 bits per heavy atom. The van der Waals surface area contributed by atoms with Gasteiger partial charge in [0.25, 0.3) is 0 Å². The van der Waals surface area contributed by atoms with Crippen molar-refractivity contribution >= 4 is 47.2 Å². The molecule has 2 fully saturated rings. The summed E-state index contributed by atoms with van der Waals surface area (Å²) in [5.41, 5.74) is 6.91. The fraction of sp³-hybridized carbons (Fsp3) is 0.650. The quantitative estimate of drug-likeness (QED) is 0.181. The van der Waals surface area contributed by atoms with Gasteiger partial charge in [-0.3, -0.25) is 18.6 Å². The number of ether oxygens (including phenoxy) is 3. The Kier molecular flexibility index (Phi) is 8.43. The number of fused-ring (bicyclic) bond motifs is 1. The molecule has 2 N–H and O–H groups in total. The monoisotopic (exact) mass is 513 g/mol. The third-order valence-corrected chi connectivity index (χ3v) is 8.38. The average molecular weight is 514 g/mol. The van der Waals surface area contributed by atoms with E-state index in [9.17, 15) is 9.59 Å². The lowest BCUT2D eigenvalue weighted by molar-refractivity contribution is -0.159. The van der Waals surface area contributed by atoms with E-state index in [0.29, 0.717) is 23.5 Å². The van der Waals surface area contributed by atoms with Crippen LogP contribution in [0.3, 0.4) is 0 Å². The standard InChI is InChI=1S/C20H28N5O7PS/c21-17-16-18(23-9-22-17)25(10-24-16)7-8-28-13-33(34,31-11-29-19(26)14-3-1-4-14)32-12-30-20(27)15-5-2-6-15/h9-10,14-15H,1-8,11-13H2,(H2,21,22,23). The van der Waals surface area contributed by atoms with E-state index < -0.39 is 6.49 Å². The topological polar surface area (TPSA) is 150 Å². The summed E-state index contributed by atoms with van der Waals surface area (Å²) >= 11 is 5.53. The molecule has 2 aromatic heterocycles. The molecule has 14 heteroatoms. The Morgan fingerprint density at radius 2 is 1.65 bits per heavy atom. The molecule has 0 aromatic carbocycles. The molecular formula is C20H28N5O7PS. The van der Waals surface area contributed by atoms with Crippen molar-refractivity contribution in [3.63, 3.8) is 0 Å². The van der Waals surface area contributed by atoms with Gasteiger partial charge >= 0.3 is 11.9 Å². The minimum Gasteiger partial charge on any atom is -0.438 e. The van der Waals surface area contributed by atoms with Gasteiger partial charge < -0.3 is 24.5 Å². The molecule has 0 aliphatic heterocycles. The summed E-state index contributed by atoms with van der Waals surface area (Å²) in [6.45, 7) is -3.05. The molecule has 186 valence electrons. The molecule has 2 aliphatic carbocycles. The second kappa shape index (κ2) is 11.5. The second-order valence-electron chi connectivity index (χ2n) is 8.19. The lowest BCUT2D eigenvalue weighted by Crippen LogP contribution is -2.25. The van der Waals surface area contributed by atoms with E-state index in [-0.39, 0.29) is 50.3 Å². The lowest BCUT2D eigenvalue weighted by Gasteiger charge is -2.26. The van der Waals surface area contributed by atoms with Crippen LogP contribution in [0.25, 0.3) is 11.2 Å². The molecule has 4 rings (SSSR count). The van der Waals surface area contributed by atoms with Gasteiger partial charge in [0.2, 0.25) is 6.49 Å². The number of esters is 2. The summed E-state index contributed by atoms with van der Waals surface area (Å²) in [4.78, 5) is 36.2. The van der Waals surface area contributed by atoms with Gasteiger partial charge in [0.1, 0.15) is 18.2 Å².